The van der Waals surface area contributed by atoms with Gasteiger partial charge in [0.25, 0.3) is 5.56 Å². The molecule has 0 bridgehead atoms. The second-order valence-electron chi connectivity index (χ2n) is 4.95. The van der Waals surface area contributed by atoms with Crippen molar-refractivity contribution in [3.63, 3.8) is 0 Å². The van der Waals surface area contributed by atoms with Gasteiger partial charge >= 0.3 is 0 Å². The van der Waals surface area contributed by atoms with Crippen LogP contribution in [0.1, 0.15) is 11.3 Å². The van der Waals surface area contributed by atoms with Gasteiger partial charge in [0.15, 0.2) is 0 Å². The van der Waals surface area contributed by atoms with Crippen LogP contribution in [0.3, 0.4) is 0 Å². The lowest BCUT2D eigenvalue weighted by Crippen LogP contribution is -2.21. The van der Waals surface area contributed by atoms with E-state index in [0.717, 1.165) is 16.0 Å². The van der Waals surface area contributed by atoms with Gasteiger partial charge in [-0.25, -0.2) is 4.98 Å². The van der Waals surface area contributed by atoms with Gasteiger partial charge in [0.05, 0.1) is 9.48 Å². The zero-order chi connectivity index (χ0) is 14.8. The largest absolute Gasteiger partial charge is 0.296 e. The number of rotatable bonds is 4. The normalized spacial score (nSPS) is 11.4. The molecule has 3 aromatic rings. The summed E-state index contributed by atoms with van der Waals surface area (Å²) in [5.41, 5.74) is 2.70. The van der Waals surface area contributed by atoms with Crippen LogP contribution in [-0.4, -0.2) is 21.3 Å². The number of nitrogens with zero attached hydrogens (tertiary/aromatic N) is 3. The van der Waals surface area contributed by atoms with E-state index in [1.807, 2.05) is 25.2 Å². The molecule has 4 nitrogen and oxygen atoms in total. The molecule has 21 heavy (non-hydrogen) atoms. The van der Waals surface area contributed by atoms with E-state index in [1.165, 1.54) is 5.56 Å². The summed E-state index contributed by atoms with van der Waals surface area (Å²) in [7, 11) is 2.03. The molecule has 0 spiro atoms. The highest BCUT2D eigenvalue weighted by Gasteiger charge is 2.07. The number of pyridine rings is 1. The zero-order valence-electron chi connectivity index (χ0n) is 11.5. The van der Waals surface area contributed by atoms with Gasteiger partial charge < -0.3 is 0 Å². The average Bonchev–Trinajstić information content (AvgIpc) is 2.84. The van der Waals surface area contributed by atoms with Crippen molar-refractivity contribution in [3.05, 3.63) is 67.3 Å². The highest BCUT2D eigenvalue weighted by molar-refractivity contribution is 9.11. The molecule has 108 valence electrons. The lowest BCUT2D eigenvalue weighted by atomic mass is 10.3. The first-order chi connectivity index (χ1) is 10.1. The van der Waals surface area contributed by atoms with Gasteiger partial charge in [-0.05, 0) is 52.1 Å². The second kappa shape index (κ2) is 6.09. The predicted molar refractivity (Wildman–Crippen MR) is 88.7 cm³/mol. The van der Waals surface area contributed by atoms with Crippen LogP contribution in [0, 0.1) is 0 Å². The van der Waals surface area contributed by atoms with Crippen LogP contribution >= 0.6 is 27.3 Å². The standard InChI is InChI=1S/C15H14BrN3OS/c1-18(8-11-6-13(16)21-10-11)9-12-7-15(20)19-5-3-2-4-14(19)17-12/h2-7,10H,8-9H2,1H3. The SMILES string of the molecule is CN(Cc1csc(Br)c1)Cc1cc(=O)n2ccccc2n1. The molecule has 0 saturated heterocycles. The molecule has 0 aliphatic rings. The minimum absolute atomic E-state index is 0.0396. The van der Waals surface area contributed by atoms with Crippen molar-refractivity contribution in [3.8, 4) is 0 Å². The highest BCUT2D eigenvalue weighted by Crippen LogP contribution is 2.21. The van der Waals surface area contributed by atoms with Crippen LogP contribution in [0.4, 0.5) is 0 Å². The Hall–Kier alpha value is -1.50. The van der Waals surface area contributed by atoms with Crippen molar-refractivity contribution < 1.29 is 0 Å². The number of aromatic nitrogens is 2. The van der Waals surface area contributed by atoms with Crippen LogP contribution in [0.2, 0.25) is 0 Å². The van der Waals surface area contributed by atoms with Gasteiger partial charge in [0, 0.05) is 25.4 Å². The summed E-state index contributed by atoms with van der Waals surface area (Å²) < 4.78 is 2.69. The molecule has 6 heteroatoms. The quantitative estimate of drug-likeness (QED) is 0.714. The summed E-state index contributed by atoms with van der Waals surface area (Å²) in [4.78, 5) is 18.7. The van der Waals surface area contributed by atoms with Crippen LogP contribution in [-0.2, 0) is 13.1 Å². The van der Waals surface area contributed by atoms with Gasteiger partial charge in [0.2, 0.25) is 0 Å². The molecule has 3 rings (SSSR count). The topological polar surface area (TPSA) is 37.6 Å². The molecule has 3 heterocycles. The molecule has 0 amide bonds. The van der Waals surface area contributed by atoms with Crippen molar-refractivity contribution in [2.24, 2.45) is 0 Å². The first kappa shape index (κ1) is 14.4. The molecule has 0 saturated carbocycles. The highest BCUT2D eigenvalue weighted by atomic mass is 79.9. The molecular weight excluding hydrogens is 350 g/mol. The Morgan fingerprint density at radius 3 is 2.95 bits per heavy atom. The molecular formula is C15H14BrN3OS. The van der Waals surface area contributed by atoms with Crippen LogP contribution in [0.15, 0.2) is 50.5 Å². The molecule has 0 radical (unpaired) electrons. The maximum atomic E-state index is 12.0. The Bertz CT molecular complexity index is 827. The minimum atomic E-state index is -0.0396. The first-order valence-electron chi connectivity index (χ1n) is 6.50. The molecule has 0 aliphatic carbocycles. The van der Waals surface area contributed by atoms with Gasteiger partial charge in [-0.3, -0.25) is 14.1 Å². The third-order valence-corrected chi connectivity index (χ3v) is 4.68. The lowest BCUT2D eigenvalue weighted by molar-refractivity contribution is 0.315. The monoisotopic (exact) mass is 363 g/mol. The maximum absolute atomic E-state index is 12.0. The molecule has 0 N–H and O–H groups in total. The van der Waals surface area contributed by atoms with E-state index in [4.69, 9.17) is 0 Å². The summed E-state index contributed by atoms with van der Waals surface area (Å²) in [5.74, 6) is 0. The zero-order valence-corrected chi connectivity index (χ0v) is 13.9. The molecule has 0 fully saturated rings. The third-order valence-electron chi connectivity index (χ3n) is 3.13. The van der Waals surface area contributed by atoms with E-state index < -0.39 is 0 Å². The maximum Gasteiger partial charge on any atom is 0.258 e. The van der Waals surface area contributed by atoms with E-state index in [9.17, 15) is 4.79 Å². The summed E-state index contributed by atoms with van der Waals surface area (Å²) in [5, 5.41) is 2.13. The van der Waals surface area contributed by atoms with Crippen molar-refractivity contribution in [2.45, 2.75) is 13.1 Å². The van der Waals surface area contributed by atoms with Gasteiger partial charge in [0.1, 0.15) is 5.65 Å². The Morgan fingerprint density at radius 1 is 1.33 bits per heavy atom. The van der Waals surface area contributed by atoms with E-state index >= 15 is 0 Å². The summed E-state index contributed by atoms with van der Waals surface area (Å²) in [6, 6.07) is 9.28. The van der Waals surface area contributed by atoms with Gasteiger partial charge in [-0.15, -0.1) is 11.3 Å². The predicted octanol–water partition coefficient (Wildman–Crippen LogP) is 3.15. The number of fused-ring (bicyclic) bond motifs is 1. The smallest absolute Gasteiger partial charge is 0.258 e. The van der Waals surface area contributed by atoms with E-state index in [-0.39, 0.29) is 5.56 Å². The van der Waals surface area contributed by atoms with Gasteiger partial charge in [-0.1, -0.05) is 6.07 Å². The Morgan fingerprint density at radius 2 is 2.19 bits per heavy atom. The Labute approximate surface area is 134 Å². The lowest BCUT2D eigenvalue weighted by Gasteiger charge is -2.15. The summed E-state index contributed by atoms with van der Waals surface area (Å²) in [6.45, 7) is 1.48. The summed E-state index contributed by atoms with van der Waals surface area (Å²) >= 11 is 5.15. The van der Waals surface area contributed by atoms with Crippen LogP contribution in [0.5, 0.6) is 0 Å². The molecule has 0 aliphatic heterocycles. The van der Waals surface area contributed by atoms with Gasteiger partial charge in [-0.2, -0.15) is 0 Å². The van der Waals surface area contributed by atoms with E-state index in [0.29, 0.717) is 12.2 Å². The van der Waals surface area contributed by atoms with E-state index in [2.05, 4.69) is 37.3 Å². The van der Waals surface area contributed by atoms with Crippen molar-refractivity contribution >= 4 is 32.9 Å². The number of hydrogen-bond donors (Lipinski definition) is 0. The fourth-order valence-electron chi connectivity index (χ4n) is 2.26. The van der Waals surface area contributed by atoms with Crippen LogP contribution in [0.25, 0.3) is 5.65 Å². The number of thiophene rings is 1. The number of halogens is 1. The van der Waals surface area contributed by atoms with Crippen molar-refractivity contribution in [2.75, 3.05) is 7.05 Å². The van der Waals surface area contributed by atoms with E-state index in [1.54, 1.807) is 28.0 Å². The minimum Gasteiger partial charge on any atom is -0.296 e. The molecule has 0 atom stereocenters. The van der Waals surface area contributed by atoms with Crippen molar-refractivity contribution in [1.29, 1.82) is 0 Å². The molecule has 0 unspecified atom stereocenters. The second-order valence-corrected chi connectivity index (χ2v) is 7.24. The summed E-state index contributed by atoms with van der Waals surface area (Å²) in [6.07, 6.45) is 1.74. The number of hydrogen-bond acceptors (Lipinski definition) is 4. The fourth-order valence-corrected chi connectivity index (χ4v) is 3.46. The molecule has 3 aromatic heterocycles. The Kier molecular flexibility index (Phi) is 4.19. The first-order valence-corrected chi connectivity index (χ1v) is 8.18. The van der Waals surface area contributed by atoms with Crippen LogP contribution < -0.4 is 5.56 Å². The average molecular weight is 364 g/mol. The molecule has 0 aromatic carbocycles. The Balaban J connectivity index is 1.79. The van der Waals surface area contributed by atoms with Crippen molar-refractivity contribution in [1.82, 2.24) is 14.3 Å². The third kappa shape index (κ3) is 3.40. The fraction of sp³-hybridized carbons (Fsp3) is 0.200.